The number of fused-ring (bicyclic) bond motifs is 1. The summed E-state index contributed by atoms with van der Waals surface area (Å²) in [6.45, 7) is 10.5. The second kappa shape index (κ2) is 14.8. The zero-order valence-electron chi connectivity index (χ0n) is 33.7. The van der Waals surface area contributed by atoms with Gasteiger partial charge in [-0.25, -0.2) is 27.7 Å². The van der Waals surface area contributed by atoms with E-state index in [1.165, 1.54) is 4.90 Å². The lowest BCUT2D eigenvalue weighted by Crippen LogP contribution is -2.60. The van der Waals surface area contributed by atoms with Gasteiger partial charge in [-0.2, -0.15) is 0 Å². The first-order chi connectivity index (χ1) is 26.8. The zero-order chi connectivity index (χ0) is 41.1. The van der Waals surface area contributed by atoms with Crippen molar-refractivity contribution < 1.29 is 41.8 Å². The number of carbonyl (C=O) groups excluding carboxylic acids is 4. The molecule has 3 aliphatic carbocycles. The number of amides is 5. The van der Waals surface area contributed by atoms with Gasteiger partial charge in [0.2, 0.25) is 15.9 Å². The zero-order valence-corrected chi connectivity index (χ0v) is 34.5. The number of urea groups is 1. The third-order valence-corrected chi connectivity index (χ3v) is 13.2. The average molecular weight is 804 g/mol. The standard InChI is InChI=1S/C42H53N5O9S/c1-40(2,3)35(44-39(51)56-41(4,5)6)37(49)46-24-27(55-33-22-30(25-12-9-8-10-13-25)43-31-20-26(54-7)14-17-29(31)33)21-32(46)36(48)47(34-23-42(34)18-11-19-42)38(50)45-57(52,53)28-15-16-28/h8-10,12-14,17,20,22,27-28,32,34-35H,11,15-16,18-19,21,23-24H2,1-7H3,(H,44,51)(H,45,50). The number of ether oxygens (including phenoxy) is 3. The summed E-state index contributed by atoms with van der Waals surface area (Å²) in [5.74, 6) is -0.184. The molecular formula is C42H53N5O9S. The third kappa shape index (κ3) is 8.53. The summed E-state index contributed by atoms with van der Waals surface area (Å²) in [5, 5.41) is 2.75. The van der Waals surface area contributed by atoms with Crippen LogP contribution in [0.15, 0.2) is 54.6 Å². The first-order valence-corrected chi connectivity index (χ1v) is 21.2. The van der Waals surface area contributed by atoms with E-state index in [9.17, 15) is 27.6 Å². The molecule has 0 radical (unpaired) electrons. The Morgan fingerprint density at radius 3 is 2.26 bits per heavy atom. The van der Waals surface area contributed by atoms with Gasteiger partial charge in [0.05, 0.1) is 30.1 Å². The molecule has 4 fully saturated rings. The average Bonchev–Trinajstić information content (AvgIpc) is 4.05. The summed E-state index contributed by atoms with van der Waals surface area (Å²) in [6.07, 6.45) is 2.47. The minimum Gasteiger partial charge on any atom is -0.497 e. The van der Waals surface area contributed by atoms with Crippen molar-refractivity contribution in [2.45, 2.75) is 122 Å². The van der Waals surface area contributed by atoms with Crippen LogP contribution in [-0.4, -0.2) is 95.9 Å². The predicted octanol–water partition coefficient (Wildman–Crippen LogP) is 6.17. The molecule has 2 heterocycles. The fourth-order valence-corrected chi connectivity index (χ4v) is 9.25. The van der Waals surface area contributed by atoms with Crippen molar-refractivity contribution in [3.8, 4) is 22.8 Å². The number of methoxy groups -OCH3 is 1. The van der Waals surface area contributed by atoms with Crippen LogP contribution < -0.4 is 19.5 Å². The molecule has 4 atom stereocenters. The molecule has 2 N–H and O–H groups in total. The van der Waals surface area contributed by atoms with Crippen LogP contribution >= 0.6 is 0 Å². The van der Waals surface area contributed by atoms with E-state index >= 15 is 0 Å². The van der Waals surface area contributed by atoms with E-state index < -0.39 is 74.5 Å². The molecule has 57 heavy (non-hydrogen) atoms. The number of nitrogens with zero attached hydrogens (tertiary/aromatic N) is 3. The van der Waals surface area contributed by atoms with Gasteiger partial charge in [-0.1, -0.05) is 57.5 Å². The molecule has 1 aromatic heterocycles. The monoisotopic (exact) mass is 803 g/mol. The van der Waals surface area contributed by atoms with Crippen LogP contribution in [0.25, 0.3) is 22.2 Å². The topological polar surface area (TPSA) is 174 Å². The van der Waals surface area contributed by atoms with Crippen LogP contribution in [0.3, 0.4) is 0 Å². The number of hydrogen-bond acceptors (Lipinski definition) is 10. The number of alkyl carbamates (subject to hydrolysis) is 1. The summed E-state index contributed by atoms with van der Waals surface area (Å²) >= 11 is 0. The van der Waals surface area contributed by atoms with E-state index in [1.807, 2.05) is 42.5 Å². The molecule has 4 unspecified atom stereocenters. The van der Waals surface area contributed by atoms with E-state index in [-0.39, 0.29) is 18.4 Å². The van der Waals surface area contributed by atoms with Gasteiger partial charge >= 0.3 is 12.1 Å². The first-order valence-electron chi connectivity index (χ1n) is 19.7. The third-order valence-electron chi connectivity index (χ3n) is 11.4. The van der Waals surface area contributed by atoms with Crippen molar-refractivity contribution in [1.82, 2.24) is 24.8 Å². The molecule has 5 amide bonds. The number of rotatable bonds is 10. The Kier molecular flexibility index (Phi) is 10.4. The van der Waals surface area contributed by atoms with E-state index in [2.05, 4.69) is 10.0 Å². The maximum Gasteiger partial charge on any atom is 0.408 e. The number of likely N-dealkylation sites (tertiary alicyclic amines) is 1. The van der Waals surface area contributed by atoms with Gasteiger partial charge in [0.15, 0.2) is 0 Å². The van der Waals surface area contributed by atoms with Crippen LogP contribution in [0.2, 0.25) is 0 Å². The van der Waals surface area contributed by atoms with E-state index in [4.69, 9.17) is 19.2 Å². The van der Waals surface area contributed by atoms with Crippen molar-refractivity contribution in [2.24, 2.45) is 10.8 Å². The Labute approximate surface area is 334 Å². The quantitative estimate of drug-likeness (QED) is 0.241. The molecular weight excluding hydrogens is 751 g/mol. The smallest absolute Gasteiger partial charge is 0.408 e. The number of carbonyl (C=O) groups is 4. The Balaban J connectivity index is 1.26. The van der Waals surface area contributed by atoms with Crippen LogP contribution in [0.5, 0.6) is 11.5 Å². The Morgan fingerprint density at radius 1 is 0.982 bits per heavy atom. The molecule has 0 bridgehead atoms. The molecule has 1 saturated heterocycles. The van der Waals surface area contributed by atoms with Gasteiger partial charge < -0.3 is 24.4 Å². The molecule has 3 aromatic rings. The van der Waals surface area contributed by atoms with Gasteiger partial charge in [0.1, 0.15) is 35.3 Å². The van der Waals surface area contributed by atoms with Crippen molar-refractivity contribution in [3.63, 3.8) is 0 Å². The first kappa shape index (κ1) is 40.3. The Bertz CT molecular complexity index is 2170. The van der Waals surface area contributed by atoms with Crippen LogP contribution in [-0.2, 0) is 24.3 Å². The minimum atomic E-state index is -3.99. The van der Waals surface area contributed by atoms with Crippen molar-refractivity contribution in [3.05, 3.63) is 54.6 Å². The molecule has 4 aliphatic rings. The predicted molar refractivity (Wildman–Crippen MR) is 213 cm³/mol. The van der Waals surface area contributed by atoms with Gasteiger partial charge in [-0.15, -0.1) is 0 Å². The highest BCUT2D eigenvalue weighted by Gasteiger charge is 2.64. The number of imide groups is 1. The van der Waals surface area contributed by atoms with E-state index in [0.717, 1.165) is 29.7 Å². The number of sulfonamides is 1. The SMILES string of the molecule is COc1ccc2c(OC3CC(C(=O)N(C(=O)NS(=O)(=O)C4CC4)C4CC45CCC5)N(C(=O)C(NC(=O)OC(C)(C)C)C(C)(C)C)C3)cc(-c3ccccc3)nc2c1. The summed E-state index contributed by atoms with van der Waals surface area (Å²) < 4.78 is 46.0. The maximum absolute atomic E-state index is 15.0. The van der Waals surface area contributed by atoms with Crippen molar-refractivity contribution in [1.29, 1.82) is 0 Å². The molecule has 7 rings (SSSR count). The van der Waals surface area contributed by atoms with Crippen LogP contribution in [0.1, 0.15) is 86.5 Å². The summed E-state index contributed by atoms with van der Waals surface area (Å²) in [5.41, 5.74) is 0.162. The number of benzene rings is 2. The minimum absolute atomic E-state index is 0.00656. The number of pyridine rings is 1. The highest BCUT2D eigenvalue weighted by atomic mass is 32.2. The number of aromatic nitrogens is 1. The van der Waals surface area contributed by atoms with Gasteiger partial charge in [0, 0.05) is 35.5 Å². The van der Waals surface area contributed by atoms with Gasteiger partial charge in [-0.05, 0) is 75.8 Å². The number of nitrogens with one attached hydrogen (secondary N) is 2. The second-order valence-corrected chi connectivity index (χ2v) is 19.9. The molecule has 14 nitrogen and oxygen atoms in total. The largest absolute Gasteiger partial charge is 0.497 e. The molecule has 306 valence electrons. The van der Waals surface area contributed by atoms with Crippen molar-refractivity contribution in [2.75, 3.05) is 13.7 Å². The lowest BCUT2D eigenvalue weighted by Gasteiger charge is -2.37. The lowest BCUT2D eigenvalue weighted by molar-refractivity contribution is -0.145. The molecule has 3 saturated carbocycles. The van der Waals surface area contributed by atoms with Crippen LogP contribution in [0, 0.1) is 10.8 Å². The fourth-order valence-electron chi connectivity index (χ4n) is 7.99. The Morgan fingerprint density at radius 2 is 1.68 bits per heavy atom. The van der Waals surface area contributed by atoms with Gasteiger partial charge in [-0.3, -0.25) is 14.5 Å². The molecule has 2 aromatic carbocycles. The molecule has 1 aliphatic heterocycles. The highest BCUT2D eigenvalue weighted by molar-refractivity contribution is 7.90. The summed E-state index contributed by atoms with van der Waals surface area (Å²) in [6, 6.07) is 13.0. The summed E-state index contributed by atoms with van der Waals surface area (Å²) in [7, 11) is -2.42. The Hall–Kier alpha value is -4.92. The summed E-state index contributed by atoms with van der Waals surface area (Å²) in [4.78, 5) is 64.2. The van der Waals surface area contributed by atoms with Crippen LogP contribution in [0.4, 0.5) is 9.59 Å². The van der Waals surface area contributed by atoms with E-state index in [0.29, 0.717) is 47.4 Å². The second-order valence-electron chi connectivity index (χ2n) is 18.0. The van der Waals surface area contributed by atoms with Gasteiger partial charge in [0.25, 0.3) is 5.91 Å². The van der Waals surface area contributed by atoms with Crippen molar-refractivity contribution >= 4 is 44.9 Å². The highest BCUT2D eigenvalue weighted by Crippen LogP contribution is 2.63. The number of hydrogen-bond donors (Lipinski definition) is 2. The molecule has 15 heteroatoms. The lowest BCUT2D eigenvalue weighted by atomic mass is 9.81. The molecule has 1 spiro atoms. The van der Waals surface area contributed by atoms with E-state index in [1.54, 1.807) is 60.8 Å². The normalized spacial score (nSPS) is 21.9. The maximum atomic E-state index is 15.0. The fraction of sp³-hybridized carbons (Fsp3) is 0.548.